The molecule has 94 valence electrons. The Hall–Kier alpha value is -0.960. The molecule has 1 aromatic rings. The molecule has 1 atom stereocenters. The van der Waals surface area contributed by atoms with Crippen LogP contribution >= 0.6 is 0 Å². The van der Waals surface area contributed by atoms with Gasteiger partial charge in [0.25, 0.3) is 0 Å². The minimum absolute atomic E-state index is 0.228. The molecule has 1 aromatic carbocycles. The van der Waals surface area contributed by atoms with Gasteiger partial charge in [0.15, 0.2) is 0 Å². The molecule has 1 saturated carbocycles. The number of halogens is 2. The van der Waals surface area contributed by atoms with Crippen LogP contribution in [0.4, 0.5) is 8.78 Å². The van der Waals surface area contributed by atoms with Gasteiger partial charge >= 0.3 is 0 Å². The van der Waals surface area contributed by atoms with E-state index < -0.39 is 11.6 Å². The van der Waals surface area contributed by atoms with E-state index in [0.717, 1.165) is 13.0 Å². The Balaban J connectivity index is 1.81. The SMILES string of the molecule is CC(CCNC1CC1)Cc1c(F)cccc1F. The van der Waals surface area contributed by atoms with Crippen molar-refractivity contribution in [3.8, 4) is 0 Å². The molecule has 1 fully saturated rings. The average Bonchev–Trinajstić information content (AvgIpc) is 3.08. The van der Waals surface area contributed by atoms with E-state index in [1.807, 2.05) is 6.92 Å². The van der Waals surface area contributed by atoms with Crippen LogP contribution in [0.25, 0.3) is 0 Å². The summed E-state index contributed by atoms with van der Waals surface area (Å²) in [4.78, 5) is 0. The van der Waals surface area contributed by atoms with Crippen molar-refractivity contribution in [1.82, 2.24) is 5.32 Å². The molecule has 17 heavy (non-hydrogen) atoms. The molecular formula is C14H19F2N. The lowest BCUT2D eigenvalue weighted by atomic mass is 9.97. The lowest BCUT2D eigenvalue weighted by Crippen LogP contribution is -2.20. The van der Waals surface area contributed by atoms with Crippen LogP contribution in [0, 0.1) is 17.6 Å². The zero-order chi connectivity index (χ0) is 12.3. The molecule has 0 heterocycles. The topological polar surface area (TPSA) is 12.0 Å². The summed E-state index contributed by atoms with van der Waals surface area (Å²) >= 11 is 0. The molecule has 1 N–H and O–H groups in total. The summed E-state index contributed by atoms with van der Waals surface area (Å²) in [5.41, 5.74) is 0.228. The summed E-state index contributed by atoms with van der Waals surface area (Å²) in [5, 5.41) is 3.42. The molecule has 1 unspecified atom stereocenters. The van der Waals surface area contributed by atoms with Crippen molar-refractivity contribution in [2.24, 2.45) is 5.92 Å². The van der Waals surface area contributed by atoms with Crippen LogP contribution in [0.5, 0.6) is 0 Å². The molecule has 0 amide bonds. The molecule has 1 aliphatic carbocycles. The Morgan fingerprint density at radius 3 is 2.53 bits per heavy atom. The normalized spacial score (nSPS) is 17.1. The largest absolute Gasteiger partial charge is 0.314 e. The van der Waals surface area contributed by atoms with Crippen LogP contribution < -0.4 is 5.32 Å². The fraction of sp³-hybridized carbons (Fsp3) is 0.571. The van der Waals surface area contributed by atoms with Crippen molar-refractivity contribution in [2.75, 3.05) is 6.54 Å². The summed E-state index contributed by atoms with van der Waals surface area (Å²) in [7, 11) is 0. The van der Waals surface area contributed by atoms with E-state index in [9.17, 15) is 8.78 Å². The average molecular weight is 239 g/mol. The predicted octanol–water partition coefficient (Wildman–Crippen LogP) is 3.29. The van der Waals surface area contributed by atoms with E-state index in [0.29, 0.717) is 18.4 Å². The predicted molar refractivity (Wildman–Crippen MR) is 64.9 cm³/mol. The molecule has 0 aromatic heterocycles. The van der Waals surface area contributed by atoms with E-state index >= 15 is 0 Å². The Morgan fingerprint density at radius 2 is 1.94 bits per heavy atom. The molecular weight excluding hydrogens is 220 g/mol. The fourth-order valence-electron chi connectivity index (χ4n) is 2.00. The van der Waals surface area contributed by atoms with Gasteiger partial charge in [-0.05, 0) is 50.3 Å². The van der Waals surface area contributed by atoms with Gasteiger partial charge in [-0.2, -0.15) is 0 Å². The maximum atomic E-state index is 13.4. The quantitative estimate of drug-likeness (QED) is 0.803. The van der Waals surface area contributed by atoms with E-state index in [2.05, 4.69) is 5.32 Å². The third kappa shape index (κ3) is 3.77. The van der Waals surface area contributed by atoms with Crippen molar-refractivity contribution in [3.05, 3.63) is 35.4 Å². The first-order valence-electron chi connectivity index (χ1n) is 6.33. The van der Waals surface area contributed by atoms with Crippen molar-refractivity contribution in [2.45, 2.75) is 38.6 Å². The van der Waals surface area contributed by atoms with Crippen LogP contribution in [0.2, 0.25) is 0 Å². The van der Waals surface area contributed by atoms with Gasteiger partial charge < -0.3 is 5.32 Å². The smallest absolute Gasteiger partial charge is 0.129 e. The number of rotatable bonds is 6. The van der Waals surface area contributed by atoms with Crippen LogP contribution in [-0.4, -0.2) is 12.6 Å². The van der Waals surface area contributed by atoms with Gasteiger partial charge in [-0.1, -0.05) is 13.0 Å². The Morgan fingerprint density at radius 1 is 1.29 bits per heavy atom. The van der Waals surface area contributed by atoms with Gasteiger partial charge in [0.1, 0.15) is 11.6 Å². The van der Waals surface area contributed by atoms with Gasteiger partial charge in [-0.15, -0.1) is 0 Å². The van der Waals surface area contributed by atoms with Crippen molar-refractivity contribution < 1.29 is 8.78 Å². The highest BCUT2D eigenvalue weighted by molar-refractivity contribution is 5.20. The molecule has 3 heteroatoms. The lowest BCUT2D eigenvalue weighted by Gasteiger charge is -2.13. The van der Waals surface area contributed by atoms with Crippen molar-refractivity contribution >= 4 is 0 Å². The number of benzene rings is 1. The third-order valence-electron chi connectivity index (χ3n) is 3.26. The standard InChI is InChI=1S/C14H19F2N/c1-10(7-8-17-11-5-6-11)9-12-13(15)3-2-4-14(12)16/h2-4,10-11,17H,5-9H2,1H3. The first-order valence-corrected chi connectivity index (χ1v) is 6.33. The Kier molecular flexibility index (Phi) is 4.11. The highest BCUT2D eigenvalue weighted by Gasteiger charge is 2.20. The molecule has 0 saturated heterocycles. The van der Waals surface area contributed by atoms with Gasteiger partial charge in [0.05, 0.1) is 0 Å². The van der Waals surface area contributed by atoms with Crippen LogP contribution in [-0.2, 0) is 6.42 Å². The number of nitrogens with one attached hydrogen (secondary N) is 1. The van der Waals surface area contributed by atoms with Crippen LogP contribution in [0.15, 0.2) is 18.2 Å². The second kappa shape index (κ2) is 5.58. The summed E-state index contributed by atoms with van der Waals surface area (Å²) in [5.74, 6) is -0.549. The molecule has 0 bridgehead atoms. The molecule has 1 nitrogen and oxygen atoms in total. The summed E-state index contributed by atoms with van der Waals surface area (Å²) < 4.78 is 26.8. The minimum Gasteiger partial charge on any atom is -0.314 e. The maximum absolute atomic E-state index is 13.4. The first-order chi connectivity index (χ1) is 8.16. The van der Waals surface area contributed by atoms with E-state index in [4.69, 9.17) is 0 Å². The summed E-state index contributed by atoms with van der Waals surface area (Å²) in [6.45, 7) is 2.99. The molecule has 2 rings (SSSR count). The van der Waals surface area contributed by atoms with Gasteiger partial charge in [-0.3, -0.25) is 0 Å². The zero-order valence-corrected chi connectivity index (χ0v) is 10.2. The molecule has 0 aliphatic heterocycles. The minimum atomic E-state index is -0.424. The van der Waals surface area contributed by atoms with E-state index in [-0.39, 0.29) is 5.56 Å². The Labute approximate surface area is 101 Å². The van der Waals surface area contributed by atoms with E-state index in [1.54, 1.807) is 0 Å². The third-order valence-corrected chi connectivity index (χ3v) is 3.26. The van der Waals surface area contributed by atoms with Crippen molar-refractivity contribution in [3.63, 3.8) is 0 Å². The number of hydrogen-bond acceptors (Lipinski definition) is 1. The fourth-order valence-corrected chi connectivity index (χ4v) is 2.00. The Bertz CT molecular complexity index is 354. The summed E-state index contributed by atoms with van der Waals surface area (Å²) in [6, 6.07) is 4.77. The zero-order valence-electron chi connectivity index (χ0n) is 10.2. The second-order valence-corrected chi connectivity index (χ2v) is 5.03. The highest BCUT2D eigenvalue weighted by Crippen LogP contribution is 2.20. The second-order valence-electron chi connectivity index (χ2n) is 5.03. The van der Waals surface area contributed by atoms with E-state index in [1.165, 1.54) is 31.0 Å². The van der Waals surface area contributed by atoms with Crippen LogP contribution in [0.1, 0.15) is 31.7 Å². The monoisotopic (exact) mass is 239 g/mol. The van der Waals surface area contributed by atoms with Gasteiger partial charge in [-0.25, -0.2) is 8.78 Å². The summed E-state index contributed by atoms with van der Waals surface area (Å²) in [6.07, 6.45) is 3.99. The first kappa shape index (κ1) is 12.5. The molecule has 0 spiro atoms. The lowest BCUT2D eigenvalue weighted by molar-refractivity contribution is 0.468. The maximum Gasteiger partial charge on any atom is 0.129 e. The molecule has 0 radical (unpaired) electrons. The van der Waals surface area contributed by atoms with Crippen LogP contribution in [0.3, 0.4) is 0 Å². The van der Waals surface area contributed by atoms with Gasteiger partial charge in [0, 0.05) is 11.6 Å². The highest BCUT2D eigenvalue weighted by atomic mass is 19.1. The van der Waals surface area contributed by atoms with Crippen molar-refractivity contribution in [1.29, 1.82) is 0 Å². The number of hydrogen-bond donors (Lipinski definition) is 1. The van der Waals surface area contributed by atoms with Gasteiger partial charge in [0.2, 0.25) is 0 Å². The molecule has 1 aliphatic rings.